The van der Waals surface area contributed by atoms with Gasteiger partial charge in [-0.2, -0.15) is 0 Å². The molecule has 0 aliphatic heterocycles. The predicted molar refractivity (Wildman–Crippen MR) is 107 cm³/mol. The summed E-state index contributed by atoms with van der Waals surface area (Å²) in [6.07, 6.45) is 6.33. The Kier molecular flexibility index (Phi) is 4.69. The van der Waals surface area contributed by atoms with Gasteiger partial charge in [0.05, 0.1) is 4.90 Å². The van der Waals surface area contributed by atoms with Crippen LogP contribution in [-0.2, 0) is 10.0 Å². The number of aromatic nitrogens is 4. The van der Waals surface area contributed by atoms with E-state index in [0.29, 0.717) is 11.3 Å². The molecule has 146 valence electrons. The third-order valence-electron chi connectivity index (χ3n) is 4.06. The molecule has 4 rings (SSSR count). The Morgan fingerprint density at radius 1 is 1.07 bits per heavy atom. The van der Waals surface area contributed by atoms with E-state index in [-0.39, 0.29) is 16.5 Å². The number of rotatable bonds is 5. The van der Waals surface area contributed by atoms with Crippen LogP contribution in [0.2, 0.25) is 0 Å². The van der Waals surface area contributed by atoms with Crippen molar-refractivity contribution in [3.8, 4) is 0 Å². The van der Waals surface area contributed by atoms with Crippen LogP contribution in [0.1, 0.15) is 16.1 Å². The molecule has 9 nitrogen and oxygen atoms in total. The van der Waals surface area contributed by atoms with E-state index in [1.807, 2.05) is 25.3 Å². The molecule has 2 N–H and O–H groups in total. The van der Waals surface area contributed by atoms with E-state index in [1.165, 1.54) is 36.7 Å². The Hall–Kier alpha value is -3.79. The van der Waals surface area contributed by atoms with Crippen LogP contribution in [0.4, 0.5) is 11.6 Å². The number of amides is 1. The SMILES string of the molecule is Cc1ccn2cc(C(=O)Nc3ccc(S(=O)(=O)Nc4ncccn4)cc3)nc2c1. The highest BCUT2D eigenvalue weighted by molar-refractivity contribution is 7.92. The van der Waals surface area contributed by atoms with E-state index >= 15 is 0 Å². The van der Waals surface area contributed by atoms with Crippen molar-refractivity contribution in [3.63, 3.8) is 0 Å². The van der Waals surface area contributed by atoms with E-state index in [0.717, 1.165) is 5.56 Å². The van der Waals surface area contributed by atoms with E-state index in [2.05, 4.69) is 25.0 Å². The van der Waals surface area contributed by atoms with Crippen molar-refractivity contribution in [3.05, 3.63) is 78.5 Å². The van der Waals surface area contributed by atoms with Gasteiger partial charge in [-0.15, -0.1) is 0 Å². The molecule has 0 spiro atoms. The molecular formula is C19H16N6O3S. The lowest BCUT2D eigenvalue weighted by atomic mass is 10.3. The maximum Gasteiger partial charge on any atom is 0.275 e. The summed E-state index contributed by atoms with van der Waals surface area (Å²) in [7, 11) is -3.84. The van der Waals surface area contributed by atoms with Gasteiger partial charge >= 0.3 is 0 Å². The molecule has 0 atom stereocenters. The van der Waals surface area contributed by atoms with Crippen molar-refractivity contribution in [2.75, 3.05) is 10.0 Å². The maximum absolute atomic E-state index is 12.5. The molecule has 3 aromatic heterocycles. The van der Waals surface area contributed by atoms with Gasteiger partial charge in [0.1, 0.15) is 11.3 Å². The predicted octanol–water partition coefficient (Wildman–Crippen LogP) is 2.49. The first-order valence-corrected chi connectivity index (χ1v) is 10.1. The minimum Gasteiger partial charge on any atom is -0.321 e. The fourth-order valence-corrected chi connectivity index (χ4v) is 3.59. The van der Waals surface area contributed by atoms with Crippen molar-refractivity contribution < 1.29 is 13.2 Å². The van der Waals surface area contributed by atoms with Crippen molar-refractivity contribution in [1.82, 2.24) is 19.4 Å². The minimum absolute atomic E-state index is 0.0196. The van der Waals surface area contributed by atoms with Crippen molar-refractivity contribution in [1.29, 1.82) is 0 Å². The molecule has 0 saturated heterocycles. The zero-order valence-electron chi connectivity index (χ0n) is 15.3. The third-order valence-corrected chi connectivity index (χ3v) is 5.41. The number of sulfonamides is 1. The van der Waals surface area contributed by atoms with Gasteiger partial charge in [0.15, 0.2) is 0 Å². The normalized spacial score (nSPS) is 11.3. The van der Waals surface area contributed by atoms with Gasteiger partial charge in [0.2, 0.25) is 5.95 Å². The fourth-order valence-electron chi connectivity index (χ4n) is 2.64. The number of carbonyl (C=O) groups excluding carboxylic acids is 1. The molecule has 10 heteroatoms. The highest BCUT2D eigenvalue weighted by atomic mass is 32.2. The Morgan fingerprint density at radius 3 is 2.52 bits per heavy atom. The number of nitrogens with one attached hydrogen (secondary N) is 2. The van der Waals surface area contributed by atoms with Crippen molar-refractivity contribution in [2.45, 2.75) is 11.8 Å². The summed E-state index contributed by atoms with van der Waals surface area (Å²) >= 11 is 0. The number of nitrogens with zero attached hydrogens (tertiary/aromatic N) is 4. The first-order valence-electron chi connectivity index (χ1n) is 8.57. The molecule has 0 bridgehead atoms. The monoisotopic (exact) mass is 408 g/mol. The van der Waals surface area contributed by atoms with Gasteiger partial charge in [-0.25, -0.2) is 28.1 Å². The summed E-state index contributed by atoms with van der Waals surface area (Å²) < 4.78 is 28.8. The molecule has 0 aliphatic carbocycles. The standard InChI is InChI=1S/C19H16N6O3S/c1-13-7-10-25-12-16(23-17(25)11-13)18(26)22-14-3-5-15(6-4-14)29(27,28)24-19-20-8-2-9-21-19/h2-12H,1H3,(H,22,26)(H,20,21,24). The summed E-state index contributed by atoms with van der Waals surface area (Å²) in [5, 5.41) is 2.71. The lowest BCUT2D eigenvalue weighted by Crippen LogP contribution is -2.15. The second kappa shape index (κ2) is 7.32. The lowest BCUT2D eigenvalue weighted by molar-refractivity contribution is 0.102. The molecule has 1 aromatic carbocycles. The lowest BCUT2D eigenvalue weighted by Gasteiger charge is -2.07. The second-order valence-corrected chi connectivity index (χ2v) is 7.93. The van der Waals surface area contributed by atoms with Crippen molar-refractivity contribution in [2.24, 2.45) is 0 Å². The topological polar surface area (TPSA) is 118 Å². The molecule has 4 aromatic rings. The number of hydrogen-bond acceptors (Lipinski definition) is 6. The molecule has 0 unspecified atom stereocenters. The molecule has 0 fully saturated rings. The van der Waals surface area contributed by atoms with E-state index < -0.39 is 15.9 Å². The summed E-state index contributed by atoms with van der Waals surface area (Å²) in [6, 6.07) is 11.1. The molecule has 29 heavy (non-hydrogen) atoms. The Labute approximate surface area is 166 Å². The van der Waals surface area contributed by atoms with Gasteiger partial charge in [0, 0.05) is 30.5 Å². The molecular weight excluding hydrogens is 392 g/mol. The summed E-state index contributed by atoms with van der Waals surface area (Å²) in [4.78, 5) is 24.5. The van der Waals surface area contributed by atoms with Crippen LogP contribution in [0.25, 0.3) is 5.65 Å². The average Bonchev–Trinajstić information content (AvgIpc) is 3.12. The summed E-state index contributed by atoms with van der Waals surface area (Å²) in [6.45, 7) is 1.95. The van der Waals surface area contributed by atoms with Crippen LogP contribution in [0.5, 0.6) is 0 Å². The Morgan fingerprint density at radius 2 is 1.79 bits per heavy atom. The van der Waals surface area contributed by atoms with Crippen LogP contribution in [-0.4, -0.2) is 33.7 Å². The zero-order chi connectivity index (χ0) is 20.4. The van der Waals surface area contributed by atoms with E-state index in [1.54, 1.807) is 16.7 Å². The van der Waals surface area contributed by atoms with Gasteiger partial charge in [-0.3, -0.25) is 4.79 Å². The Balaban J connectivity index is 1.49. The fraction of sp³-hybridized carbons (Fsp3) is 0.0526. The maximum atomic E-state index is 12.5. The first kappa shape index (κ1) is 18.6. The van der Waals surface area contributed by atoms with Gasteiger partial charge in [0.25, 0.3) is 15.9 Å². The van der Waals surface area contributed by atoms with Gasteiger partial charge < -0.3 is 9.72 Å². The van der Waals surface area contributed by atoms with Crippen LogP contribution in [0.3, 0.4) is 0 Å². The highest BCUT2D eigenvalue weighted by Gasteiger charge is 2.16. The number of aryl methyl sites for hydroxylation is 1. The minimum atomic E-state index is -3.84. The molecule has 0 saturated carbocycles. The van der Waals surface area contributed by atoms with Crippen LogP contribution >= 0.6 is 0 Å². The highest BCUT2D eigenvalue weighted by Crippen LogP contribution is 2.17. The van der Waals surface area contributed by atoms with Crippen LogP contribution in [0.15, 0.2) is 72.1 Å². The Bertz CT molecular complexity index is 1280. The number of benzene rings is 1. The number of hydrogen-bond donors (Lipinski definition) is 2. The molecule has 0 radical (unpaired) electrons. The number of carbonyl (C=O) groups is 1. The first-order chi connectivity index (χ1) is 13.9. The second-order valence-electron chi connectivity index (χ2n) is 6.25. The van der Waals surface area contributed by atoms with E-state index in [9.17, 15) is 13.2 Å². The average molecular weight is 408 g/mol. The van der Waals surface area contributed by atoms with E-state index in [4.69, 9.17) is 0 Å². The number of fused-ring (bicyclic) bond motifs is 1. The third kappa shape index (κ3) is 4.06. The zero-order valence-corrected chi connectivity index (χ0v) is 16.1. The number of anilines is 2. The van der Waals surface area contributed by atoms with Crippen LogP contribution in [0, 0.1) is 6.92 Å². The summed E-state index contributed by atoms with van der Waals surface area (Å²) in [5.74, 6) is -0.412. The van der Waals surface area contributed by atoms with Crippen molar-refractivity contribution >= 4 is 33.2 Å². The van der Waals surface area contributed by atoms with Gasteiger partial charge in [-0.1, -0.05) is 0 Å². The molecule has 0 aliphatic rings. The van der Waals surface area contributed by atoms with Gasteiger partial charge in [-0.05, 0) is 55.0 Å². The smallest absolute Gasteiger partial charge is 0.275 e. The molecule has 1 amide bonds. The summed E-state index contributed by atoms with van der Waals surface area (Å²) in [5.41, 5.74) is 2.42. The molecule has 3 heterocycles. The largest absolute Gasteiger partial charge is 0.321 e. The number of pyridine rings is 1. The quantitative estimate of drug-likeness (QED) is 0.524. The number of imidazole rings is 1. The van der Waals surface area contributed by atoms with Crippen LogP contribution < -0.4 is 10.0 Å².